The van der Waals surface area contributed by atoms with Crippen LogP contribution in [0.1, 0.15) is 39.5 Å². The number of nitriles is 1. The van der Waals surface area contributed by atoms with E-state index in [0.29, 0.717) is 17.6 Å². The van der Waals surface area contributed by atoms with Gasteiger partial charge in [-0.05, 0) is 33.1 Å². The lowest BCUT2D eigenvalue weighted by atomic mass is 9.51. The first-order chi connectivity index (χ1) is 7.73. The van der Waals surface area contributed by atoms with Crippen LogP contribution in [-0.4, -0.2) is 25.3 Å². The second-order valence-corrected chi connectivity index (χ2v) is 5.26. The van der Waals surface area contributed by atoms with E-state index in [9.17, 15) is 0 Å². The van der Waals surface area contributed by atoms with Gasteiger partial charge in [-0.25, -0.2) is 0 Å². The molecule has 2 rings (SSSR count). The van der Waals surface area contributed by atoms with Crippen LogP contribution in [0.25, 0.3) is 0 Å². The van der Waals surface area contributed by atoms with Crippen molar-refractivity contribution in [1.82, 2.24) is 5.32 Å². The van der Waals surface area contributed by atoms with Crippen LogP contribution in [0.2, 0.25) is 0 Å². The average Bonchev–Trinajstić information content (AvgIpc) is 2.19. The van der Waals surface area contributed by atoms with E-state index in [1.807, 2.05) is 6.92 Å². The Bertz CT molecular complexity index is 280. The molecule has 0 bridgehead atoms. The molecule has 2 aliphatic carbocycles. The molecule has 3 heteroatoms. The Hall–Kier alpha value is -0.590. The quantitative estimate of drug-likeness (QED) is 0.774. The zero-order chi connectivity index (χ0) is 11.6. The van der Waals surface area contributed by atoms with Gasteiger partial charge in [0.2, 0.25) is 0 Å². The minimum absolute atomic E-state index is 0.114. The van der Waals surface area contributed by atoms with Gasteiger partial charge in [0.25, 0.3) is 0 Å². The molecule has 1 spiro atoms. The summed E-state index contributed by atoms with van der Waals surface area (Å²) in [5, 5.41) is 12.3. The maximum Gasteiger partial charge on any atom is 0.0666 e. The average molecular weight is 222 g/mol. The third kappa shape index (κ3) is 1.85. The van der Waals surface area contributed by atoms with Crippen LogP contribution in [0.4, 0.5) is 0 Å². The third-order valence-electron chi connectivity index (χ3n) is 4.33. The van der Waals surface area contributed by atoms with Gasteiger partial charge in [-0.15, -0.1) is 0 Å². The van der Waals surface area contributed by atoms with Crippen molar-refractivity contribution in [3.8, 4) is 6.07 Å². The SMILES string of the molecule is CCOC1CC(NCC(C)C#N)C12CCC2. The Balaban J connectivity index is 1.82. The van der Waals surface area contributed by atoms with E-state index in [2.05, 4.69) is 18.3 Å². The Morgan fingerprint density at radius 1 is 1.56 bits per heavy atom. The Morgan fingerprint density at radius 2 is 2.31 bits per heavy atom. The maximum absolute atomic E-state index is 8.76. The molecule has 2 saturated carbocycles. The normalized spacial score (nSPS) is 32.6. The molecule has 3 unspecified atom stereocenters. The highest BCUT2D eigenvalue weighted by Gasteiger charge is 2.58. The zero-order valence-corrected chi connectivity index (χ0v) is 10.3. The second-order valence-electron chi connectivity index (χ2n) is 5.26. The van der Waals surface area contributed by atoms with Gasteiger partial charge >= 0.3 is 0 Å². The summed E-state index contributed by atoms with van der Waals surface area (Å²) < 4.78 is 5.79. The van der Waals surface area contributed by atoms with Gasteiger partial charge in [-0.1, -0.05) is 6.42 Å². The molecule has 0 aliphatic heterocycles. The molecule has 0 aromatic heterocycles. The van der Waals surface area contributed by atoms with Gasteiger partial charge in [0, 0.05) is 24.6 Å². The molecule has 16 heavy (non-hydrogen) atoms. The fourth-order valence-electron chi connectivity index (χ4n) is 3.09. The largest absolute Gasteiger partial charge is 0.378 e. The van der Waals surface area contributed by atoms with Crippen LogP contribution in [0, 0.1) is 22.7 Å². The predicted molar refractivity (Wildman–Crippen MR) is 62.9 cm³/mol. The lowest BCUT2D eigenvalue weighted by molar-refractivity contribution is -0.172. The minimum atomic E-state index is 0.114. The van der Waals surface area contributed by atoms with E-state index in [1.165, 1.54) is 19.3 Å². The van der Waals surface area contributed by atoms with Gasteiger partial charge in [0.05, 0.1) is 18.1 Å². The number of hydrogen-bond donors (Lipinski definition) is 1. The summed E-state index contributed by atoms with van der Waals surface area (Å²) >= 11 is 0. The number of ether oxygens (including phenoxy) is 1. The van der Waals surface area contributed by atoms with Crippen molar-refractivity contribution in [2.45, 2.75) is 51.7 Å². The third-order valence-corrected chi connectivity index (χ3v) is 4.33. The lowest BCUT2D eigenvalue weighted by Crippen LogP contribution is -2.67. The second kappa shape index (κ2) is 4.73. The summed E-state index contributed by atoms with van der Waals surface area (Å²) in [5.74, 6) is 0.114. The molecule has 90 valence electrons. The van der Waals surface area contributed by atoms with Crippen LogP contribution in [-0.2, 0) is 4.74 Å². The van der Waals surface area contributed by atoms with Crippen LogP contribution in [0.15, 0.2) is 0 Å². The van der Waals surface area contributed by atoms with Gasteiger partial charge in [-0.2, -0.15) is 5.26 Å². The van der Waals surface area contributed by atoms with E-state index in [-0.39, 0.29) is 5.92 Å². The van der Waals surface area contributed by atoms with Crippen molar-refractivity contribution in [2.75, 3.05) is 13.2 Å². The number of nitrogens with one attached hydrogen (secondary N) is 1. The van der Waals surface area contributed by atoms with E-state index in [1.54, 1.807) is 0 Å². The summed E-state index contributed by atoms with van der Waals surface area (Å²) in [6.45, 7) is 5.69. The fourth-order valence-corrected chi connectivity index (χ4v) is 3.09. The standard InChI is InChI=1S/C13H22N2O/c1-3-16-12-7-11(13(12)5-4-6-13)15-9-10(2)8-14/h10-12,15H,3-7,9H2,1-2H3. The van der Waals surface area contributed by atoms with E-state index >= 15 is 0 Å². The monoisotopic (exact) mass is 222 g/mol. The van der Waals surface area contributed by atoms with Crippen molar-refractivity contribution >= 4 is 0 Å². The molecule has 2 aliphatic rings. The van der Waals surface area contributed by atoms with Crippen molar-refractivity contribution in [2.24, 2.45) is 11.3 Å². The molecule has 3 nitrogen and oxygen atoms in total. The molecule has 0 radical (unpaired) electrons. The Labute approximate surface area is 98.2 Å². The number of nitrogens with zero attached hydrogens (tertiary/aromatic N) is 1. The molecular weight excluding hydrogens is 200 g/mol. The molecule has 0 amide bonds. The first kappa shape index (κ1) is 11.9. The first-order valence-electron chi connectivity index (χ1n) is 6.47. The molecule has 1 N–H and O–H groups in total. The molecule has 3 atom stereocenters. The first-order valence-corrected chi connectivity index (χ1v) is 6.47. The fraction of sp³-hybridized carbons (Fsp3) is 0.923. The predicted octanol–water partition coefficient (Wildman–Crippen LogP) is 2.08. The van der Waals surface area contributed by atoms with Crippen LogP contribution in [0.3, 0.4) is 0 Å². The summed E-state index contributed by atoms with van der Waals surface area (Å²) in [5.41, 5.74) is 0.422. The van der Waals surface area contributed by atoms with Crippen LogP contribution >= 0.6 is 0 Å². The summed E-state index contributed by atoms with van der Waals surface area (Å²) in [7, 11) is 0. The molecule has 0 heterocycles. The summed E-state index contributed by atoms with van der Waals surface area (Å²) in [6, 6.07) is 2.87. The molecular formula is C13H22N2O. The molecule has 2 fully saturated rings. The smallest absolute Gasteiger partial charge is 0.0666 e. The maximum atomic E-state index is 8.76. The van der Waals surface area contributed by atoms with Gasteiger partial charge < -0.3 is 10.1 Å². The van der Waals surface area contributed by atoms with Crippen molar-refractivity contribution < 1.29 is 4.74 Å². The van der Waals surface area contributed by atoms with E-state index < -0.39 is 0 Å². The topological polar surface area (TPSA) is 45.0 Å². The molecule has 0 saturated heterocycles. The van der Waals surface area contributed by atoms with Crippen molar-refractivity contribution in [3.63, 3.8) is 0 Å². The minimum Gasteiger partial charge on any atom is -0.378 e. The van der Waals surface area contributed by atoms with Gasteiger partial charge in [0.1, 0.15) is 0 Å². The van der Waals surface area contributed by atoms with Gasteiger partial charge in [0.15, 0.2) is 0 Å². The lowest BCUT2D eigenvalue weighted by Gasteiger charge is -2.61. The number of rotatable bonds is 5. The van der Waals surface area contributed by atoms with Crippen LogP contribution < -0.4 is 5.32 Å². The summed E-state index contributed by atoms with van der Waals surface area (Å²) in [6.07, 6.45) is 5.55. The van der Waals surface area contributed by atoms with Crippen LogP contribution in [0.5, 0.6) is 0 Å². The molecule has 0 aromatic rings. The summed E-state index contributed by atoms with van der Waals surface area (Å²) in [4.78, 5) is 0. The number of hydrogen-bond acceptors (Lipinski definition) is 3. The Morgan fingerprint density at radius 3 is 2.81 bits per heavy atom. The van der Waals surface area contributed by atoms with E-state index in [0.717, 1.165) is 19.6 Å². The zero-order valence-electron chi connectivity index (χ0n) is 10.3. The van der Waals surface area contributed by atoms with Crippen molar-refractivity contribution in [3.05, 3.63) is 0 Å². The highest BCUT2D eigenvalue weighted by atomic mass is 16.5. The highest BCUT2D eigenvalue weighted by Crippen LogP contribution is 2.57. The van der Waals surface area contributed by atoms with Gasteiger partial charge in [-0.3, -0.25) is 0 Å². The Kier molecular flexibility index (Phi) is 3.51. The molecule has 0 aromatic carbocycles. The highest BCUT2D eigenvalue weighted by molar-refractivity contribution is 5.12. The van der Waals surface area contributed by atoms with E-state index in [4.69, 9.17) is 10.00 Å². The van der Waals surface area contributed by atoms with Crippen molar-refractivity contribution in [1.29, 1.82) is 5.26 Å².